The standard InChI is InChI=1S/C18H28N2O5S/c1-25-15-9-11-16(12-10-15)26(23,24)20-17(13-21)18(22)19-14-7-5-3-2-4-6-8-14/h9-12,14,17,20-21H,2-8,13H2,1H3,(H,19,22)/t17-/m0/s1. The molecule has 7 nitrogen and oxygen atoms in total. The van der Waals surface area contributed by atoms with Crippen molar-refractivity contribution >= 4 is 15.9 Å². The molecule has 3 N–H and O–H groups in total. The fourth-order valence-electron chi connectivity index (χ4n) is 3.09. The van der Waals surface area contributed by atoms with E-state index >= 15 is 0 Å². The van der Waals surface area contributed by atoms with E-state index in [-0.39, 0.29) is 10.9 Å². The predicted octanol–water partition coefficient (Wildman–Crippen LogP) is 1.56. The first-order valence-corrected chi connectivity index (χ1v) is 10.5. The van der Waals surface area contributed by atoms with Crippen LogP contribution in [0.5, 0.6) is 5.75 Å². The number of hydrogen-bond acceptors (Lipinski definition) is 5. The summed E-state index contributed by atoms with van der Waals surface area (Å²) < 4.78 is 32.2. The van der Waals surface area contributed by atoms with Crippen LogP contribution in [0.3, 0.4) is 0 Å². The van der Waals surface area contributed by atoms with Gasteiger partial charge in [-0.25, -0.2) is 8.42 Å². The van der Waals surface area contributed by atoms with Gasteiger partial charge in [0.2, 0.25) is 15.9 Å². The largest absolute Gasteiger partial charge is 0.497 e. The second-order valence-corrected chi connectivity index (χ2v) is 8.30. The van der Waals surface area contributed by atoms with Crippen LogP contribution in [-0.2, 0) is 14.8 Å². The van der Waals surface area contributed by atoms with E-state index in [0.29, 0.717) is 5.75 Å². The summed E-state index contributed by atoms with van der Waals surface area (Å²) >= 11 is 0. The molecule has 1 aromatic rings. The van der Waals surface area contributed by atoms with E-state index in [2.05, 4.69) is 10.0 Å². The smallest absolute Gasteiger partial charge is 0.241 e. The van der Waals surface area contributed by atoms with Gasteiger partial charge in [0.25, 0.3) is 0 Å². The zero-order chi connectivity index (χ0) is 19.0. The average Bonchev–Trinajstić information content (AvgIpc) is 2.61. The molecule has 0 aliphatic heterocycles. The number of benzene rings is 1. The molecule has 1 aliphatic carbocycles. The summed E-state index contributed by atoms with van der Waals surface area (Å²) in [4.78, 5) is 12.4. The van der Waals surface area contributed by atoms with Crippen molar-refractivity contribution in [3.63, 3.8) is 0 Å². The Morgan fingerprint density at radius 1 is 1.15 bits per heavy atom. The molecule has 0 saturated heterocycles. The fraction of sp³-hybridized carbons (Fsp3) is 0.611. The third-order valence-corrected chi connectivity index (χ3v) is 6.11. The quantitative estimate of drug-likeness (QED) is 0.662. The maximum atomic E-state index is 12.5. The zero-order valence-electron chi connectivity index (χ0n) is 15.1. The van der Waals surface area contributed by atoms with Crippen LogP contribution in [0.15, 0.2) is 29.2 Å². The highest BCUT2D eigenvalue weighted by atomic mass is 32.2. The second kappa shape index (κ2) is 9.89. The Morgan fingerprint density at radius 3 is 2.27 bits per heavy atom. The van der Waals surface area contributed by atoms with Crippen molar-refractivity contribution in [1.82, 2.24) is 10.0 Å². The van der Waals surface area contributed by atoms with Crippen LogP contribution in [0, 0.1) is 0 Å². The molecule has 1 aliphatic rings. The summed E-state index contributed by atoms with van der Waals surface area (Å²) in [6.07, 6.45) is 7.39. The van der Waals surface area contributed by atoms with Crippen LogP contribution in [0.1, 0.15) is 44.9 Å². The zero-order valence-corrected chi connectivity index (χ0v) is 15.9. The minimum atomic E-state index is -3.92. The normalized spacial score (nSPS) is 17.8. The lowest BCUT2D eigenvalue weighted by Gasteiger charge is -2.24. The first-order valence-electron chi connectivity index (χ1n) is 9.04. The first-order chi connectivity index (χ1) is 12.5. The van der Waals surface area contributed by atoms with Crippen LogP contribution < -0.4 is 14.8 Å². The molecule has 1 atom stereocenters. The maximum absolute atomic E-state index is 12.5. The van der Waals surface area contributed by atoms with Crippen molar-refractivity contribution in [2.45, 2.75) is 61.9 Å². The molecule has 0 unspecified atom stereocenters. The second-order valence-electron chi connectivity index (χ2n) is 6.58. The molecule has 26 heavy (non-hydrogen) atoms. The lowest BCUT2D eigenvalue weighted by molar-refractivity contribution is -0.124. The van der Waals surface area contributed by atoms with Crippen molar-refractivity contribution in [2.24, 2.45) is 0 Å². The first kappa shape index (κ1) is 20.7. The number of methoxy groups -OCH3 is 1. The molecule has 1 amide bonds. The van der Waals surface area contributed by atoms with E-state index in [1.807, 2.05) is 0 Å². The Labute approximate surface area is 155 Å². The van der Waals surface area contributed by atoms with Crippen molar-refractivity contribution in [3.8, 4) is 5.75 Å². The molecule has 0 heterocycles. The molecule has 0 radical (unpaired) electrons. The van der Waals surface area contributed by atoms with E-state index in [0.717, 1.165) is 38.5 Å². The Kier molecular flexibility index (Phi) is 7.86. The van der Waals surface area contributed by atoms with Crippen LogP contribution in [0.25, 0.3) is 0 Å². The Bertz CT molecular complexity index is 667. The molecule has 0 aromatic heterocycles. The highest BCUT2D eigenvalue weighted by Crippen LogP contribution is 2.18. The van der Waals surface area contributed by atoms with Crippen molar-refractivity contribution in [3.05, 3.63) is 24.3 Å². The summed E-state index contributed by atoms with van der Waals surface area (Å²) in [5, 5.41) is 12.4. The number of sulfonamides is 1. The van der Waals surface area contributed by atoms with Crippen LogP contribution in [0.4, 0.5) is 0 Å². The van der Waals surface area contributed by atoms with Gasteiger partial charge >= 0.3 is 0 Å². The molecule has 1 aromatic carbocycles. The summed E-state index contributed by atoms with van der Waals surface area (Å²) in [5.74, 6) is 0.0415. The number of amides is 1. The molecular weight excluding hydrogens is 356 g/mol. The minimum Gasteiger partial charge on any atom is -0.497 e. The molecule has 146 valence electrons. The van der Waals surface area contributed by atoms with Gasteiger partial charge in [-0.05, 0) is 37.1 Å². The Morgan fingerprint density at radius 2 is 1.73 bits per heavy atom. The van der Waals surface area contributed by atoms with E-state index in [4.69, 9.17) is 4.74 Å². The van der Waals surface area contributed by atoms with Crippen molar-refractivity contribution < 1.29 is 23.1 Å². The fourth-order valence-corrected chi connectivity index (χ4v) is 4.27. The Hall–Kier alpha value is -1.64. The lowest BCUT2D eigenvalue weighted by Crippen LogP contribution is -2.51. The predicted molar refractivity (Wildman–Crippen MR) is 98.4 cm³/mol. The Balaban J connectivity index is 2.00. The molecule has 0 spiro atoms. The van der Waals surface area contributed by atoms with Gasteiger partial charge in [0, 0.05) is 6.04 Å². The molecule has 1 fully saturated rings. The molecule has 8 heteroatoms. The number of rotatable bonds is 7. The summed E-state index contributed by atoms with van der Waals surface area (Å²) in [5.41, 5.74) is 0. The SMILES string of the molecule is COc1ccc(S(=O)(=O)N[C@@H](CO)C(=O)NC2CCCCCCC2)cc1. The number of carbonyl (C=O) groups excluding carboxylic acids is 1. The summed E-state index contributed by atoms with van der Waals surface area (Å²) in [6.45, 7) is -0.603. The third-order valence-electron chi connectivity index (χ3n) is 4.62. The highest BCUT2D eigenvalue weighted by molar-refractivity contribution is 7.89. The van der Waals surface area contributed by atoms with Gasteiger partial charge in [-0.1, -0.05) is 32.1 Å². The van der Waals surface area contributed by atoms with Gasteiger partial charge in [-0.15, -0.1) is 0 Å². The van der Waals surface area contributed by atoms with E-state index in [9.17, 15) is 18.3 Å². The molecule has 2 rings (SSSR count). The third kappa shape index (κ3) is 5.96. The van der Waals surface area contributed by atoms with Crippen LogP contribution in [-0.4, -0.2) is 45.2 Å². The highest BCUT2D eigenvalue weighted by Gasteiger charge is 2.27. The minimum absolute atomic E-state index is 0.00973. The molecular formula is C18H28N2O5S. The molecule has 0 bridgehead atoms. The van der Waals surface area contributed by atoms with Gasteiger partial charge < -0.3 is 15.2 Å². The topological polar surface area (TPSA) is 105 Å². The number of nitrogens with one attached hydrogen (secondary N) is 2. The van der Waals surface area contributed by atoms with E-state index in [1.165, 1.54) is 37.8 Å². The van der Waals surface area contributed by atoms with Gasteiger partial charge in [-0.3, -0.25) is 4.79 Å². The number of carbonyl (C=O) groups is 1. The maximum Gasteiger partial charge on any atom is 0.241 e. The summed E-state index contributed by atoms with van der Waals surface area (Å²) in [7, 11) is -2.43. The van der Waals surface area contributed by atoms with Gasteiger partial charge in [-0.2, -0.15) is 4.72 Å². The van der Waals surface area contributed by atoms with Crippen molar-refractivity contribution in [2.75, 3.05) is 13.7 Å². The van der Waals surface area contributed by atoms with Crippen LogP contribution >= 0.6 is 0 Å². The number of aliphatic hydroxyl groups excluding tert-OH is 1. The van der Waals surface area contributed by atoms with Gasteiger partial charge in [0.05, 0.1) is 18.6 Å². The van der Waals surface area contributed by atoms with Crippen molar-refractivity contribution in [1.29, 1.82) is 0 Å². The molecule has 1 saturated carbocycles. The number of aliphatic hydroxyl groups is 1. The monoisotopic (exact) mass is 384 g/mol. The van der Waals surface area contributed by atoms with Gasteiger partial charge in [0.15, 0.2) is 0 Å². The van der Waals surface area contributed by atoms with E-state index < -0.39 is 28.6 Å². The van der Waals surface area contributed by atoms with Gasteiger partial charge in [0.1, 0.15) is 11.8 Å². The number of hydrogen-bond donors (Lipinski definition) is 3. The average molecular weight is 384 g/mol. The summed E-state index contributed by atoms with van der Waals surface area (Å²) in [6, 6.07) is 4.65. The number of ether oxygens (including phenoxy) is 1. The van der Waals surface area contributed by atoms with Crippen LogP contribution in [0.2, 0.25) is 0 Å². The van der Waals surface area contributed by atoms with E-state index in [1.54, 1.807) is 0 Å². The lowest BCUT2D eigenvalue weighted by atomic mass is 9.96.